The van der Waals surface area contributed by atoms with Gasteiger partial charge in [0.1, 0.15) is 0 Å². The van der Waals surface area contributed by atoms with Crippen molar-refractivity contribution in [2.45, 2.75) is 71.9 Å². The lowest BCUT2D eigenvalue weighted by Crippen LogP contribution is -2.38. The fourth-order valence-electron chi connectivity index (χ4n) is 2.68. The van der Waals surface area contributed by atoms with Crippen molar-refractivity contribution in [2.75, 3.05) is 6.54 Å². The summed E-state index contributed by atoms with van der Waals surface area (Å²) < 4.78 is 0. The van der Waals surface area contributed by atoms with Crippen molar-refractivity contribution in [1.29, 1.82) is 0 Å². The van der Waals surface area contributed by atoms with Gasteiger partial charge < -0.3 is 0 Å². The lowest BCUT2D eigenvalue weighted by Gasteiger charge is -2.30. The zero-order valence-electron chi connectivity index (χ0n) is 10.4. The molecule has 0 N–H and O–H groups in total. The monoisotopic (exact) mass is 197 g/mol. The van der Waals surface area contributed by atoms with E-state index in [4.69, 9.17) is 0 Å². The summed E-state index contributed by atoms with van der Waals surface area (Å²) in [5.41, 5.74) is 0. The molecule has 1 heteroatoms. The molecule has 1 aliphatic heterocycles. The first kappa shape index (κ1) is 12.0. The van der Waals surface area contributed by atoms with Crippen molar-refractivity contribution in [2.24, 2.45) is 5.92 Å². The molecular formula is C13H27N. The second kappa shape index (κ2) is 5.75. The molecule has 0 amide bonds. The molecule has 84 valence electrons. The van der Waals surface area contributed by atoms with Gasteiger partial charge in [0.25, 0.3) is 0 Å². The molecule has 2 unspecified atom stereocenters. The summed E-state index contributed by atoms with van der Waals surface area (Å²) in [5, 5.41) is 0. The maximum atomic E-state index is 2.76. The van der Waals surface area contributed by atoms with Crippen LogP contribution >= 0.6 is 0 Å². The molecule has 1 aliphatic carbocycles. The molecule has 0 aromatic carbocycles. The van der Waals surface area contributed by atoms with Gasteiger partial charge in [0.2, 0.25) is 0 Å². The third kappa shape index (κ3) is 2.73. The van der Waals surface area contributed by atoms with Gasteiger partial charge in [0.05, 0.1) is 0 Å². The summed E-state index contributed by atoms with van der Waals surface area (Å²) in [6, 6.07) is 1.80. The van der Waals surface area contributed by atoms with Gasteiger partial charge in [-0.2, -0.15) is 0 Å². The van der Waals surface area contributed by atoms with Crippen LogP contribution < -0.4 is 0 Å². The maximum Gasteiger partial charge on any atom is 0.00981 e. The predicted molar refractivity (Wildman–Crippen MR) is 63.6 cm³/mol. The smallest absolute Gasteiger partial charge is 0.00981 e. The number of nitrogens with zero attached hydrogens (tertiary/aromatic N) is 1. The predicted octanol–water partition coefficient (Wildman–Crippen LogP) is 3.69. The van der Waals surface area contributed by atoms with Crippen LogP contribution in [0.1, 0.15) is 59.8 Å². The van der Waals surface area contributed by atoms with Gasteiger partial charge >= 0.3 is 0 Å². The molecule has 1 saturated carbocycles. The summed E-state index contributed by atoms with van der Waals surface area (Å²) in [6.07, 6.45) is 7.24. The molecule has 2 fully saturated rings. The average Bonchev–Trinajstić information content (AvgIpc) is 2.98. The van der Waals surface area contributed by atoms with Crippen LogP contribution in [-0.4, -0.2) is 23.5 Å². The molecule has 2 atom stereocenters. The Morgan fingerprint density at radius 3 is 2.36 bits per heavy atom. The summed E-state index contributed by atoms with van der Waals surface area (Å²) in [4.78, 5) is 2.76. The topological polar surface area (TPSA) is 3.24 Å². The van der Waals surface area contributed by atoms with E-state index in [1.807, 2.05) is 13.8 Å². The zero-order valence-corrected chi connectivity index (χ0v) is 10.4. The van der Waals surface area contributed by atoms with Crippen molar-refractivity contribution in [3.05, 3.63) is 0 Å². The first-order valence-corrected chi connectivity index (χ1v) is 6.58. The highest BCUT2D eigenvalue weighted by Crippen LogP contribution is 2.38. The van der Waals surface area contributed by atoms with Gasteiger partial charge in [0.15, 0.2) is 0 Å². The van der Waals surface area contributed by atoms with Gasteiger partial charge in [-0.3, -0.25) is 4.90 Å². The number of hydrogen-bond donors (Lipinski definition) is 0. The Labute approximate surface area is 89.9 Å². The Kier molecular flexibility index (Phi) is 4.94. The fraction of sp³-hybridized carbons (Fsp3) is 1.00. The Bertz CT molecular complexity index is 151. The highest BCUT2D eigenvalue weighted by atomic mass is 15.2. The van der Waals surface area contributed by atoms with Crippen LogP contribution in [0.15, 0.2) is 0 Å². The lowest BCUT2D eigenvalue weighted by atomic mass is 10.1. The van der Waals surface area contributed by atoms with Crippen LogP contribution in [0.2, 0.25) is 0 Å². The minimum absolute atomic E-state index is 0.887. The largest absolute Gasteiger partial charge is 0.297 e. The molecule has 0 aromatic heterocycles. The van der Waals surface area contributed by atoms with Crippen LogP contribution in [0.4, 0.5) is 0 Å². The Morgan fingerprint density at radius 1 is 1.21 bits per heavy atom. The SMILES string of the molecule is CC.CCC1CCCN1C(C)C1CC1. The number of likely N-dealkylation sites (tertiary alicyclic amines) is 1. The molecule has 1 heterocycles. The van der Waals surface area contributed by atoms with Gasteiger partial charge in [-0.1, -0.05) is 20.8 Å². The van der Waals surface area contributed by atoms with E-state index < -0.39 is 0 Å². The molecule has 14 heavy (non-hydrogen) atoms. The normalized spacial score (nSPS) is 29.6. The van der Waals surface area contributed by atoms with Gasteiger partial charge in [0, 0.05) is 12.1 Å². The number of hydrogen-bond acceptors (Lipinski definition) is 1. The first-order chi connectivity index (χ1) is 6.83. The standard InChI is InChI=1S/C11H21N.C2H6/c1-3-11-5-4-8-12(11)9(2)10-6-7-10;1-2/h9-11H,3-8H2,1-2H3;1-2H3. The fourth-order valence-corrected chi connectivity index (χ4v) is 2.68. The molecule has 0 bridgehead atoms. The van der Waals surface area contributed by atoms with E-state index in [9.17, 15) is 0 Å². The molecule has 1 nitrogen and oxygen atoms in total. The molecule has 0 spiro atoms. The molecule has 2 rings (SSSR count). The van der Waals surface area contributed by atoms with Crippen molar-refractivity contribution < 1.29 is 0 Å². The Morgan fingerprint density at radius 2 is 1.86 bits per heavy atom. The van der Waals surface area contributed by atoms with Crippen LogP contribution in [0, 0.1) is 5.92 Å². The second-order valence-electron chi connectivity index (χ2n) is 4.52. The van der Waals surface area contributed by atoms with E-state index in [0.29, 0.717) is 0 Å². The van der Waals surface area contributed by atoms with Crippen molar-refractivity contribution >= 4 is 0 Å². The molecule has 0 radical (unpaired) electrons. The lowest BCUT2D eigenvalue weighted by molar-refractivity contribution is 0.170. The molecular weight excluding hydrogens is 170 g/mol. The van der Waals surface area contributed by atoms with Crippen LogP contribution in [0.3, 0.4) is 0 Å². The quantitative estimate of drug-likeness (QED) is 0.667. The van der Waals surface area contributed by atoms with Gasteiger partial charge in [-0.25, -0.2) is 0 Å². The molecule has 0 aromatic rings. The minimum atomic E-state index is 0.887. The highest BCUT2D eigenvalue weighted by molar-refractivity contribution is 4.90. The summed E-state index contributed by atoms with van der Waals surface area (Å²) >= 11 is 0. The van der Waals surface area contributed by atoms with E-state index in [-0.39, 0.29) is 0 Å². The third-order valence-electron chi connectivity index (χ3n) is 3.72. The van der Waals surface area contributed by atoms with Gasteiger partial charge in [-0.15, -0.1) is 0 Å². The zero-order chi connectivity index (χ0) is 10.6. The summed E-state index contributed by atoms with van der Waals surface area (Å²) in [7, 11) is 0. The van der Waals surface area contributed by atoms with Crippen LogP contribution in [0.5, 0.6) is 0 Å². The van der Waals surface area contributed by atoms with Crippen LogP contribution in [-0.2, 0) is 0 Å². The summed E-state index contributed by atoms with van der Waals surface area (Å²) in [6.45, 7) is 10.1. The van der Waals surface area contributed by atoms with Crippen molar-refractivity contribution in [1.82, 2.24) is 4.90 Å². The summed E-state index contributed by atoms with van der Waals surface area (Å²) in [5.74, 6) is 1.05. The second-order valence-corrected chi connectivity index (χ2v) is 4.52. The van der Waals surface area contributed by atoms with E-state index >= 15 is 0 Å². The first-order valence-electron chi connectivity index (χ1n) is 6.58. The van der Waals surface area contributed by atoms with Gasteiger partial charge in [-0.05, 0) is 51.5 Å². The van der Waals surface area contributed by atoms with E-state index in [1.165, 1.54) is 38.6 Å². The number of rotatable bonds is 3. The van der Waals surface area contributed by atoms with E-state index in [0.717, 1.165) is 18.0 Å². The van der Waals surface area contributed by atoms with E-state index in [1.54, 1.807) is 0 Å². The molecule has 2 aliphatic rings. The van der Waals surface area contributed by atoms with Crippen molar-refractivity contribution in [3.63, 3.8) is 0 Å². The average molecular weight is 197 g/mol. The Balaban J connectivity index is 0.000000461. The third-order valence-corrected chi connectivity index (χ3v) is 3.72. The maximum absolute atomic E-state index is 2.76. The van der Waals surface area contributed by atoms with Crippen LogP contribution in [0.25, 0.3) is 0 Å². The highest BCUT2D eigenvalue weighted by Gasteiger charge is 2.36. The molecule has 1 saturated heterocycles. The Hall–Kier alpha value is -0.0400. The minimum Gasteiger partial charge on any atom is -0.297 e. The van der Waals surface area contributed by atoms with E-state index in [2.05, 4.69) is 18.7 Å². The van der Waals surface area contributed by atoms with Crippen molar-refractivity contribution in [3.8, 4) is 0 Å².